The molecule has 0 atom stereocenters. The fraction of sp³-hybridized carbons (Fsp3) is 0.222. The number of nitrogens with zero attached hydrogens (tertiary/aromatic N) is 3. The predicted octanol–water partition coefficient (Wildman–Crippen LogP) is 0.363. The molecule has 0 saturated carbocycles. The molecule has 2 heterocycles. The Morgan fingerprint density at radius 3 is 2.48 bits per heavy atom. The van der Waals surface area contributed by atoms with E-state index in [-0.39, 0.29) is 24.2 Å². The molecule has 0 aliphatic rings. The molecule has 1 aromatic carbocycles. The molecular weight excluding hydrogens is 350 g/mol. The van der Waals surface area contributed by atoms with Gasteiger partial charge in [-0.3, -0.25) is 24.0 Å². The lowest BCUT2D eigenvalue weighted by Crippen LogP contribution is -2.30. The molecule has 0 fully saturated rings. The molecule has 3 aromatic rings. The molecule has 0 spiro atoms. The normalized spacial score (nSPS) is 10.7. The summed E-state index contributed by atoms with van der Waals surface area (Å²) < 4.78 is 4.36. The average molecular weight is 369 g/mol. The van der Waals surface area contributed by atoms with Crippen molar-refractivity contribution in [3.05, 3.63) is 79.5 Å². The molecule has 0 aliphatic heterocycles. The van der Waals surface area contributed by atoms with E-state index >= 15 is 0 Å². The maximum Gasteiger partial charge on any atom is 0.328 e. The van der Waals surface area contributed by atoms with Crippen LogP contribution in [0.4, 0.5) is 5.69 Å². The van der Waals surface area contributed by atoms with Gasteiger partial charge in [-0.1, -0.05) is 18.2 Å². The van der Waals surface area contributed by atoms with Gasteiger partial charge in [0.2, 0.25) is 5.91 Å². The highest BCUT2D eigenvalue weighted by molar-refractivity contribution is 5.91. The van der Waals surface area contributed by atoms with E-state index in [1.807, 2.05) is 18.2 Å². The Balaban J connectivity index is 1.79. The highest BCUT2D eigenvalue weighted by Crippen LogP contribution is 2.14. The minimum Gasteiger partial charge on any atom is -0.320 e. The molecule has 2 N–H and O–H groups in total. The van der Waals surface area contributed by atoms with Crippen molar-refractivity contribution in [2.75, 3.05) is 5.32 Å². The first-order valence-electron chi connectivity index (χ1n) is 8.32. The van der Waals surface area contributed by atoms with Crippen molar-refractivity contribution in [3.63, 3.8) is 0 Å². The number of aromatic nitrogens is 4. The summed E-state index contributed by atoms with van der Waals surface area (Å²) in [5, 5.41) is 2.63. The zero-order valence-corrected chi connectivity index (χ0v) is 14.9. The van der Waals surface area contributed by atoms with Gasteiger partial charge in [-0.2, -0.15) is 0 Å². The molecular formula is C18H19N5O4. The zero-order chi connectivity index (χ0) is 19.6. The van der Waals surface area contributed by atoms with Gasteiger partial charge in [0.05, 0.1) is 11.4 Å². The van der Waals surface area contributed by atoms with Gasteiger partial charge in [0.25, 0.3) is 11.1 Å². The first-order valence-corrected chi connectivity index (χ1v) is 8.32. The Hall–Kier alpha value is -3.62. The van der Waals surface area contributed by atoms with E-state index < -0.39 is 17.2 Å². The Morgan fingerprint density at radius 2 is 1.81 bits per heavy atom. The van der Waals surface area contributed by atoms with Crippen molar-refractivity contribution >= 4 is 11.6 Å². The highest BCUT2D eigenvalue weighted by Gasteiger charge is 2.18. The van der Waals surface area contributed by atoms with Crippen molar-refractivity contribution < 1.29 is 4.79 Å². The third-order valence-corrected chi connectivity index (χ3v) is 4.30. The second-order valence-electron chi connectivity index (χ2n) is 6.04. The largest absolute Gasteiger partial charge is 0.328 e. The summed E-state index contributed by atoms with van der Waals surface area (Å²) in [7, 11) is 1.74. The number of amides is 1. The van der Waals surface area contributed by atoms with Crippen molar-refractivity contribution in [1.29, 1.82) is 0 Å². The number of para-hydroxylation sites is 1. The van der Waals surface area contributed by atoms with Crippen LogP contribution in [0.1, 0.15) is 12.1 Å². The minimum absolute atomic E-state index is 0.0228. The predicted molar refractivity (Wildman–Crippen MR) is 100 cm³/mol. The summed E-state index contributed by atoms with van der Waals surface area (Å²) in [6.45, 7) is 1.82. The van der Waals surface area contributed by atoms with Crippen LogP contribution in [0, 0.1) is 6.92 Å². The van der Waals surface area contributed by atoms with Crippen LogP contribution in [0.15, 0.2) is 57.0 Å². The SMILES string of the molecule is Cc1c(NC(=O)CCn2ccc(=O)[nH]c2=O)c(=O)n(-c2ccccc2)n1C. The molecule has 3 rings (SSSR count). The number of nitrogens with one attached hydrogen (secondary N) is 2. The third kappa shape index (κ3) is 3.66. The van der Waals surface area contributed by atoms with E-state index in [1.165, 1.54) is 21.5 Å². The summed E-state index contributed by atoms with van der Waals surface area (Å²) in [4.78, 5) is 49.8. The third-order valence-electron chi connectivity index (χ3n) is 4.30. The van der Waals surface area contributed by atoms with Crippen molar-refractivity contribution in [1.82, 2.24) is 18.9 Å². The lowest BCUT2D eigenvalue weighted by atomic mass is 10.3. The van der Waals surface area contributed by atoms with E-state index in [0.717, 1.165) is 0 Å². The first kappa shape index (κ1) is 18.2. The molecule has 2 aromatic heterocycles. The van der Waals surface area contributed by atoms with E-state index in [9.17, 15) is 19.2 Å². The summed E-state index contributed by atoms with van der Waals surface area (Å²) >= 11 is 0. The fourth-order valence-corrected chi connectivity index (χ4v) is 2.76. The molecule has 27 heavy (non-hydrogen) atoms. The quantitative estimate of drug-likeness (QED) is 0.676. The van der Waals surface area contributed by atoms with E-state index in [2.05, 4.69) is 10.3 Å². The van der Waals surface area contributed by atoms with Gasteiger partial charge < -0.3 is 9.88 Å². The van der Waals surface area contributed by atoms with Crippen molar-refractivity contribution in [2.24, 2.45) is 7.05 Å². The number of H-pyrrole nitrogens is 1. The van der Waals surface area contributed by atoms with Crippen LogP contribution in [-0.4, -0.2) is 24.8 Å². The zero-order valence-electron chi connectivity index (χ0n) is 14.9. The number of rotatable bonds is 5. The Kier molecular flexibility index (Phi) is 4.93. The van der Waals surface area contributed by atoms with Gasteiger partial charge >= 0.3 is 5.69 Å². The average Bonchev–Trinajstić information content (AvgIpc) is 2.85. The number of aryl methyl sites for hydroxylation is 1. The summed E-state index contributed by atoms with van der Waals surface area (Å²) in [6.07, 6.45) is 1.30. The second-order valence-corrected chi connectivity index (χ2v) is 6.04. The number of carbonyl (C=O) groups excluding carboxylic acids is 1. The van der Waals surface area contributed by atoms with Gasteiger partial charge in [-0.05, 0) is 19.1 Å². The van der Waals surface area contributed by atoms with Crippen LogP contribution in [0.2, 0.25) is 0 Å². The van der Waals surface area contributed by atoms with Gasteiger partial charge in [0.15, 0.2) is 0 Å². The molecule has 9 heteroatoms. The number of benzene rings is 1. The van der Waals surface area contributed by atoms with Gasteiger partial charge in [0.1, 0.15) is 5.69 Å². The smallest absolute Gasteiger partial charge is 0.320 e. The fourth-order valence-electron chi connectivity index (χ4n) is 2.76. The lowest BCUT2D eigenvalue weighted by Gasteiger charge is -2.07. The van der Waals surface area contributed by atoms with E-state index in [0.29, 0.717) is 11.4 Å². The first-order chi connectivity index (χ1) is 12.9. The number of hydrogen-bond acceptors (Lipinski definition) is 4. The Labute approximate surface area is 153 Å². The molecule has 0 radical (unpaired) electrons. The van der Waals surface area contributed by atoms with Crippen LogP contribution in [0.25, 0.3) is 5.69 Å². The maximum atomic E-state index is 12.7. The summed E-state index contributed by atoms with van der Waals surface area (Å²) in [6, 6.07) is 10.3. The summed E-state index contributed by atoms with van der Waals surface area (Å²) in [5.74, 6) is -0.404. The van der Waals surface area contributed by atoms with Gasteiger partial charge in [-0.25, -0.2) is 9.48 Å². The standard InChI is InChI=1S/C18H19N5O4/c1-12-16(17(26)23(21(12)2)13-6-4-3-5-7-13)19-14(24)8-10-22-11-9-15(25)20-18(22)27/h3-7,9,11H,8,10H2,1-2H3,(H,19,24)(H,20,25,27). The van der Waals surface area contributed by atoms with Crippen LogP contribution in [0.5, 0.6) is 0 Å². The van der Waals surface area contributed by atoms with Crippen LogP contribution < -0.4 is 22.1 Å². The maximum absolute atomic E-state index is 12.7. The van der Waals surface area contributed by atoms with E-state index in [1.54, 1.807) is 30.8 Å². The minimum atomic E-state index is -0.586. The number of anilines is 1. The number of aromatic amines is 1. The molecule has 0 unspecified atom stereocenters. The molecule has 140 valence electrons. The summed E-state index contributed by atoms with van der Waals surface area (Å²) in [5.41, 5.74) is 0.0717. The Morgan fingerprint density at radius 1 is 1.11 bits per heavy atom. The molecule has 9 nitrogen and oxygen atoms in total. The highest BCUT2D eigenvalue weighted by atomic mass is 16.2. The number of carbonyl (C=O) groups is 1. The van der Waals surface area contributed by atoms with Gasteiger partial charge in [-0.15, -0.1) is 0 Å². The Bertz CT molecular complexity index is 1150. The molecule has 0 saturated heterocycles. The van der Waals surface area contributed by atoms with Crippen LogP contribution in [0.3, 0.4) is 0 Å². The monoisotopic (exact) mass is 369 g/mol. The molecule has 0 aliphatic carbocycles. The van der Waals surface area contributed by atoms with Crippen LogP contribution in [-0.2, 0) is 18.4 Å². The second kappa shape index (κ2) is 7.32. The number of hydrogen-bond donors (Lipinski definition) is 2. The van der Waals surface area contributed by atoms with Crippen LogP contribution >= 0.6 is 0 Å². The lowest BCUT2D eigenvalue weighted by molar-refractivity contribution is -0.116. The van der Waals surface area contributed by atoms with E-state index in [4.69, 9.17) is 0 Å². The molecule has 1 amide bonds. The molecule has 0 bridgehead atoms. The van der Waals surface area contributed by atoms with Gasteiger partial charge in [0, 0.05) is 32.3 Å². The van der Waals surface area contributed by atoms with Crippen molar-refractivity contribution in [3.8, 4) is 5.69 Å². The van der Waals surface area contributed by atoms with Crippen molar-refractivity contribution in [2.45, 2.75) is 19.9 Å². The topological polar surface area (TPSA) is 111 Å².